The van der Waals surface area contributed by atoms with E-state index in [2.05, 4.69) is 15.6 Å². The molecule has 0 saturated heterocycles. The SMILES string of the molecule is CN=C(NCCOCCOC)NCc1ccc(C(=O)N(C)C)cc1.I. The molecule has 1 rings (SSSR count). The number of carbonyl (C=O) groups is 1. The Balaban J connectivity index is 0.00000576. The number of amides is 1. The Kier molecular flexibility index (Phi) is 13.1. The lowest BCUT2D eigenvalue weighted by Crippen LogP contribution is -2.38. The van der Waals surface area contributed by atoms with Crippen molar-refractivity contribution in [2.75, 3.05) is 54.6 Å². The molecule has 142 valence electrons. The van der Waals surface area contributed by atoms with Crippen molar-refractivity contribution in [3.63, 3.8) is 0 Å². The van der Waals surface area contributed by atoms with E-state index in [4.69, 9.17) is 9.47 Å². The molecule has 0 aliphatic carbocycles. The van der Waals surface area contributed by atoms with E-state index in [9.17, 15) is 4.79 Å². The maximum Gasteiger partial charge on any atom is 0.253 e. The van der Waals surface area contributed by atoms with Gasteiger partial charge in [0.05, 0.1) is 19.8 Å². The van der Waals surface area contributed by atoms with Crippen LogP contribution < -0.4 is 10.6 Å². The number of nitrogens with one attached hydrogen (secondary N) is 2. The second-order valence-corrected chi connectivity index (χ2v) is 5.35. The molecule has 1 amide bonds. The molecule has 0 aliphatic heterocycles. The lowest BCUT2D eigenvalue weighted by atomic mass is 10.1. The van der Waals surface area contributed by atoms with Gasteiger partial charge in [-0.25, -0.2) is 0 Å². The zero-order valence-electron chi connectivity index (χ0n) is 15.4. The highest BCUT2D eigenvalue weighted by atomic mass is 127. The van der Waals surface area contributed by atoms with Gasteiger partial charge in [0.15, 0.2) is 5.96 Å². The van der Waals surface area contributed by atoms with E-state index in [0.29, 0.717) is 44.4 Å². The van der Waals surface area contributed by atoms with Crippen LogP contribution in [0.3, 0.4) is 0 Å². The molecular weight excluding hydrogens is 435 g/mol. The first kappa shape index (κ1) is 23.6. The van der Waals surface area contributed by atoms with Crippen LogP contribution in [0.25, 0.3) is 0 Å². The number of rotatable bonds is 9. The van der Waals surface area contributed by atoms with Gasteiger partial charge in [-0.3, -0.25) is 9.79 Å². The highest BCUT2D eigenvalue weighted by Gasteiger charge is 2.07. The normalized spacial score (nSPS) is 10.8. The Bertz CT molecular complexity index is 521. The van der Waals surface area contributed by atoms with E-state index in [1.54, 1.807) is 33.2 Å². The zero-order valence-corrected chi connectivity index (χ0v) is 17.7. The van der Waals surface area contributed by atoms with Gasteiger partial charge in [-0.2, -0.15) is 0 Å². The second-order valence-electron chi connectivity index (χ2n) is 5.35. The summed E-state index contributed by atoms with van der Waals surface area (Å²) in [6.07, 6.45) is 0. The molecule has 25 heavy (non-hydrogen) atoms. The summed E-state index contributed by atoms with van der Waals surface area (Å²) < 4.78 is 10.3. The second kappa shape index (κ2) is 13.9. The zero-order chi connectivity index (χ0) is 17.8. The van der Waals surface area contributed by atoms with Crippen LogP contribution in [-0.2, 0) is 16.0 Å². The van der Waals surface area contributed by atoms with E-state index in [1.165, 1.54) is 0 Å². The van der Waals surface area contributed by atoms with Crippen LogP contribution in [0.4, 0.5) is 0 Å². The van der Waals surface area contributed by atoms with Gasteiger partial charge < -0.3 is 25.0 Å². The first-order valence-electron chi connectivity index (χ1n) is 7.90. The molecule has 0 atom stereocenters. The van der Waals surface area contributed by atoms with Gasteiger partial charge in [-0.1, -0.05) is 12.1 Å². The molecule has 1 aromatic rings. The van der Waals surface area contributed by atoms with Crippen molar-refractivity contribution < 1.29 is 14.3 Å². The molecule has 0 aromatic heterocycles. The number of methoxy groups -OCH3 is 1. The Labute approximate surface area is 167 Å². The monoisotopic (exact) mass is 464 g/mol. The fourth-order valence-electron chi connectivity index (χ4n) is 1.92. The fourth-order valence-corrected chi connectivity index (χ4v) is 1.92. The van der Waals surface area contributed by atoms with E-state index in [-0.39, 0.29) is 29.9 Å². The molecule has 0 saturated carbocycles. The summed E-state index contributed by atoms with van der Waals surface area (Å²) in [4.78, 5) is 17.6. The topological polar surface area (TPSA) is 75.2 Å². The molecule has 2 N–H and O–H groups in total. The van der Waals surface area contributed by atoms with Gasteiger partial charge in [-0.05, 0) is 17.7 Å². The summed E-state index contributed by atoms with van der Waals surface area (Å²) in [7, 11) is 6.86. The number of guanidine groups is 1. The third-order valence-electron chi connectivity index (χ3n) is 3.26. The van der Waals surface area contributed by atoms with Gasteiger partial charge in [0, 0.05) is 46.9 Å². The van der Waals surface area contributed by atoms with Crippen molar-refractivity contribution in [2.24, 2.45) is 4.99 Å². The minimum absolute atomic E-state index is 0. The average Bonchev–Trinajstić information content (AvgIpc) is 2.60. The minimum Gasteiger partial charge on any atom is -0.382 e. The van der Waals surface area contributed by atoms with Crippen LogP contribution >= 0.6 is 24.0 Å². The van der Waals surface area contributed by atoms with Crippen molar-refractivity contribution in [3.8, 4) is 0 Å². The fraction of sp³-hybridized carbons (Fsp3) is 0.529. The van der Waals surface area contributed by atoms with Gasteiger partial charge in [0.2, 0.25) is 0 Å². The van der Waals surface area contributed by atoms with Crippen molar-refractivity contribution in [1.29, 1.82) is 0 Å². The first-order valence-corrected chi connectivity index (χ1v) is 7.90. The predicted molar refractivity (Wildman–Crippen MR) is 111 cm³/mol. The summed E-state index contributed by atoms with van der Waals surface area (Å²) in [6.45, 7) is 3.06. The van der Waals surface area contributed by atoms with Crippen LogP contribution in [0.15, 0.2) is 29.3 Å². The number of ether oxygens (including phenoxy) is 2. The Morgan fingerprint density at radius 2 is 1.80 bits per heavy atom. The molecule has 0 heterocycles. The number of carbonyl (C=O) groups excluding carboxylic acids is 1. The van der Waals surface area contributed by atoms with Crippen molar-refractivity contribution in [1.82, 2.24) is 15.5 Å². The summed E-state index contributed by atoms with van der Waals surface area (Å²) >= 11 is 0. The number of aliphatic imine (C=N–C) groups is 1. The Hall–Kier alpha value is -1.39. The van der Waals surface area contributed by atoms with Crippen LogP contribution in [-0.4, -0.2) is 71.4 Å². The Morgan fingerprint density at radius 1 is 1.12 bits per heavy atom. The summed E-state index contributed by atoms with van der Waals surface area (Å²) in [5.74, 6) is 0.708. The summed E-state index contributed by atoms with van der Waals surface area (Å²) in [5, 5.41) is 6.40. The molecule has 0 radical (unpaired) electrons. The molecule has 8 heteroatoms. The molecule has 0 aliphatic rings. The maximum absolute atomic E-state index is 11.8. The van der Waals surface area contributed by atoms with Crippen LogP contribution in [0.2, 0.25) is 0 Å². The molecule has 7 nitrogen and oxygen atoms in total. The lowest BCUT2D eigenvalue weighted by Gasteiger charge is -2.13. The van der Waals surface area contributed by atoms with Crippen molar-refractivity contribution in [3.05, 3.63) is 35.4 Å². The van der Waals surface area contributed by atoms with Crippen molar-refractivity contribution in [2.45, 2.75) is 6.54 Å². The predicted octanol–water partition coefficient (Wildman–Crippen LogP) is 1.33. The molecule has 0 unspecified atom stereocenters. The number of benzene rings is 1. The molecule has 0 bridgehead atoms. The van der Waals surface area contributed by atoms with E-state index in [0.717, 1.165) is 5.56 Å². The van der Waals surface area contributed by atoms with Gasteiger partial charge >= 0.3 is 0 Å². The van der Waals surface area contributed by atoms with Crippen LogP contribution in [0, 0.1) is 0 Å². The number of hydrogen-bond acceptors (Lipinski definition) is 4. The number of hydrogen-bond donors (Lipinski definition) is 2. The minimum atomic E-state index is 0. The molecule has 0 spiro atoms. The quantitative estimate of drug-likeness (QED) is 0.250. The Morgan fingerprint density at radius 3 is 2.36 bits per heavy atom. The molecular formula is C17H29IN4O3. The van der Waals surface area contributed by atoms with Gasteiger partial charge in [0.1, 0.15) is 0 Å². The number of nitrogens with zero attached hydrogens (tertiary/aromatic N) is 2. The number of halogens is 1. The van der Waals surface area contributed by atoms with Crippen LogP contribution in [0.5, 0.6) is 0 Å². The van der Waals surface area contributed by atoms with Gasteiger partial charge in [0.25, 0.3) is 5.91 Å². The smallest absolute Gasteiger partial charge is 0.253 e. The summed E-state index contributed by atoms with van der Waals surface area (Å²) in [5.41, 5.74) is 1.75. The highest BCUT2D eigenvalue weighted by molar-refractivity contribution is 14.0. The first-order chi connectivity index (χ1) is 11.6. The van der Waals surface area contributed by atoms with Crippen LogP contribution in [0.1, 0.15) is 15.9 Å². The van der Waals surface area contributed by atoms with Crippen molar-refractivity contribution >= 4 is 35.8 Å². The van der Waals surface area contributed by atoms with E-state index >= 15 is 0 Å². The maximum atomic E-state index is 11.8. The standard InChI is InChI=1S/C17H28N4O3.HI/c1-18-17(19-9-10-24-12-11-23-4)20-13-14-5-7-15(8-6-14)16(22)21(2)3;/h5-8H,9-13H2,1-4H3,(H2,18,19,20);1H. The molecule has 0 fully saturated rings. The third-order valence-corrected chi connectivity index (χ3v) is 3.26. The third kappa shape index (κ3) is 9.61. The van der Waals surface area contributed by atoms with E-state index < -0.39 is 0 Å². The average molecular weight is 464 g/mol. The highest BCUT2D eigenvalue weighted by Crippen LogP contribution is 2.06. The molecule has 1 aromatic carbocycles. The summed E-state index contributed by atoms with van der Waals surface area (Å²) in [6, 6.07) is 7.54. The van der Waals surface area contributed by atoms with Gasteiger partial charge in [-0.15, -0.1) is 24.0 Å². The van der Waals surface area contributed by atoms with E-state index in [1.807, 2.05) is 24.3 Å². The largest absolute Gasteiger partial charge is 0.382 e. The lowest BCUT2D eigenvalue weighted by molar-refractivity contribution is 0.0733.